The summed E-state index contributed by atoms with van der Waals surface area (Å²) >= 11 is 1.35. The van der Waals surface area contributed by atoms with Gasteiger partial charge in [0.2, 0.25) is 0 Å². The number of hydrogen-bond donors (Lipinski definition) is 1. The highest BCUT2D eigenvalue weighted by molar-refractivity contribution is 7.20. The molecule has 0 atom stereocenters. The Bertz CT molecular complexity index is 932. The number of fused-ring (bicyclic) bond motifs is 1. The number of piperazine rings is 1. The highest BCUT2D eigenvalue weighted by atomic mass is 32.1. The number of carbonyl (C=O) groups excluding carboxylic acids is 1. The van der Waals surface area contributed by atoms with Crippen molar-refractivity contribution in [1.82, 2.24) is 9.88 Å². The van der Waals surface area contributed by atoms with Crippen LogP contribution in [-0.2, 0) is 0 Å². The van der Waals surface area contributed by atoms with Crippen LogP contribution in [0.25, 0.3) is 10.1 Å². The summed E-state index contributed by atoms with van der Waals surface area (Å²) in [4.78, 5) is 22.0. The lowest BCUT2D eigenvalue weighted by Crippen LogP contribution is -2.44. The van der Waals surface area contributed by atoms with Crippen molar-refractivity contribution in [3.63, 3.8) is 0 Å². The SMILES string of the molecule is CN1CCN(c2ccc(NC(=O)c3cc4cc(F)ccc4s3)cn2)CC1. The van der Waals surface area contributed by atoms with Crippen molar-refractivity contribution in [2.75, 3.05) is 43.4 Å². The number of thiophene rings is 1. The minimum atomic E-state index is -0.300. The zero-order chi connectivity index (χ0) is 18.1. The molecule has 4 rings (SSSR count). The molecule has 0 spiro atoms. The van der Waals surface area contributed by atoms with Crippen LogP contribution in [0.2, 0.25) is 0 Å². The van der Waals surface area contributed by atoms with Gasteiger partial charge in [-0.2, -0.15) is 0 Å². The second-order valence-electron chi connectivity index (χ2n) is 6.44. The van der Waals surface area contributed by atoms with Gasteiger partial charge in [0.15, 0.2) is 0 Å². The molecule has 134 valence electrons. The number of hydrogen-bond acceptors (Lipinski definition) is 5. The summed E-state index contributed by atoms with van der Waals surface area (Å²) in [7, 11) is 2.12. The predicted octanol–water partition coefficient (Wildman–Crippen LogP) is 3.44. The van der Waals surface area contributed by atoms with E-state index >= 15 is 0 Å². The maximum absolute atomic E-state index is 13.3. The lowest BCUT2D eigenvalue weighted by molar-refractivity contribution is 0.103. The van der Waals surface area contributed by atoms with E-state index in [9.17, 15) is 9.18 Å². The number of halogens is 1. The van der Waals surface area contributed by atoms with Crippen molar-refractivity contribution in [1.29, 1.82) is 0 Å². The largest absolute Gasteiger partial charge is 0.354 e. The molecule has 1 saturated heterocycles. The van der Waals surface area contributed by atoms with Crippen molar-refractivity contribution in [3.05, 3.63) is 53.3 Å². The number of benzene rings is 1. The second kappa shape index (κ2) is 7.01. The molecule has 3 aromatic rings. The quantitative estimate of drug-likeness (QED) is 0.767. The molecule has 2 aromatic heterocycles. The number of likely N-dealkylation sites (N-methyl/N-ethyl adjacent to an activating group) is 1. The first-order valence-corrected chi connectivity index (χ1v) is 9.30. The second-order valence-corrected chi connectivity index (χ2v) is 7.53. The number of carbonyl (C=O) groups is 1. The standard InChI is InChI=1S/C19H19FN4OS/c1-23-6-8-24(9-7-23)18-5-3-15(12-21-18)22-19(25)17-11-13-10-14(20)2-4-16(13)26-17/h2-5,10-12H,6-9H2,1H3,(H,22,25). The van der Waals surface area contributed by atoms with E-state index in [-0.39, 0.29) is 11.7 Å². The number of pyridine rings is 1. The minimum Gasteiger partial charge on any atom is -0.354 e. The van der Waals surface area contributed by atoms with Crippen molar-refractivity contribution in [2.24, 2.45) is 0 Å². The molecule has 0 bridgehead atoms. The van der Waals surface area contributed by atoms with Gasteiger partial charge in [0, 0.05) is 30.9 Å². The number of rotatable bonds is 3. The topological polar surface area (TPSA) is 48.5 Å². The van der Waals surface area contributed by atoms with Crippen LogP contribution in [0.3, 0.4) is 0 Å². The molecular formula is C19H19FN4OS. The molecule has 5 nitrogen and oxygen atoms in total. The van der Waals surface area contributed by atoms with Crippen LogP contribution in [0.4, 0.5) is 15.9 Å². The minimum absolute atomic E-state index is 0.208. The molecule has 1 fully saturated rings. The molecule has 1 aliphatic rings. The van der Waals surface area contributed by atoms with Gasteiger partial charge in [-0.1, -0.05) is 0 Å². The molecular weight excluding hydrogens is 351 g/mol. The van der Waals surface area contributed by atoms with E-state index in [1.807, 2.05) is 12.1 Å². The third-order valence-corrected chi connectivity index (χ3v) is 5.65. The smallest absolute Gasteiger partial charge is 0.265 e. The highest BCUT2D eigenvalue weighted by Crippen LogP contribution is 2.27. The Morgan fingerprint density at radius 2 is 1.96 bits per heavy atom. The summed E-state index contributed by atoms with van der Waals surface area (Å²) in [6.45, 7) is 3.94. The summed E-state index contributed by atoms with van der Waals surface area (Å²) in [6, 6.07) is 10.0. The lowest BCUT2D eigenvalue weighted by Gasteiger charge is -2.33. The van der Waals surface area contributed by atoms with E-state index in [2.05, 4.69) is 27.1 Å². The Labute approximate surface area is 155 Å². The van der Waals surface area contributed by atoms with E-state index in [0.29, 0.717) is 10.6 Å². The first-order chi connectivity index (χ1) is 12.6. The van der Waals surface area contributed by atoms with Crippen LogP contribution >= 0.6 is 11.3 Å². The average molecular weight is 370 g/mol. The predicted molar refractivity (Wildman–Crippen MR) is 104 cm³/mol. The normalized spacial score (nSPS) is 15.4. The summed E-state index contributed by atoms with van der Waals surface area (Å²) < 4.78 is 14.2. The monoisotopic (exact) mass is 370 g/mol. The molecule has 26 heavy (non-hydrogen) atoms. The molecule has 0 radical (unpaired) electrons. The van der Waals surface area contributed by atoms with Crippen LogP contribution in [0.5, 0.6) is 0 Å². The van der Waals surface area contributed by atoms with Gasteiger partial charge in [0.05, 0.1) is 16.8 Å². The Morgan fingerprint density at radius 3 is 2.69 bits per heavy atom. The fraction of sp³-hybridized carbons (Fsp3) is 0.263. The summed E-state index contributed by atoms with van der Waals surface area (Å²) in [6.07, 6.45) is 1.68. The zero-order valence-corrected chi connectivity index (χ0v) is 15.2. The average Bonchev–Trinajstić information content (AvgIpc) is 3.06. The van der Waals surface area contributed by atoms with Gasteiger partial charge in [0.25, 0.3) is 5.91 Å². The fourth-order valence-corrected chi connectivity index (χ4v) is 3.94. The van der Waals surface area contributed by atoms with Crippen LogP contribution in [0.15, 0.2) is 42.6 Å². The Hall–Kier alpha value is -2.51. The van der Waals surface area contributed by atoms with Gasteiger partial charge in [-0.25, -0.2) is 9.37 Å². The fourth-order valence-electron chi connectivity index (χ4n) is 3.00. The summed E-state index contributed by atoms with van der Waals surface area (Å²) in [5.41, 5.74) is 0.650. The Morgan fingerprint density at radius 1 is 1.15 bits per heavy atom. The lowest BCUT2D eigenvalue weighted by atomic mass is 10.2. The van der Waals surface area contributed by atoms with Crippen LogP contribution in [0, 0.1) is 5.82 Å². The zero-order valence-electron chi connectivity index (χ0n) is 14.4. The van der Waals surface area contributed by atoms with Crippen molar-refractivity contribution < 1.29 is 9.18 Å². The van der Waals surface area contributed by atoms with E-state index in [0.717, 1.165) is 42.1 Å². The number of anilines is 2. The van der Waals surface area contributed by atoms with Crippen molar-refractivity contribution in [2.45, 2.75) is 0 Å². The third-order valence-electron chi connectivity index (χ3n) is 4.54. The molecule has 1 N–H and O–H groups in total. The molecule has 3 heterocycles. The van der Waals surface area contributed by atoms with Crippen LogP contribution < -0.4 is 10.2 Å². The van der Waals surface area contributed by atoms with Gasteiger partial charge < -0.3 is 15.1 Å². The first-order valence-electron chi connectivity index (χ1n) is 8.48. The summed E-state index contributed by atoms with van der Waals surface area (Å²) in [5, 5.41) is 3.60. The van der Waals surface area contributed by atoms with Gasteiger partial charge in [-0.3, -0.25) is 4.79 Å². The molecule has 0 unspecified atom stereocenters. The van der Waals surface area contributed by atoms with Crippen LogP contribution in [-0.4, -0.2) is 49.0 Å². The van der Waals surface area contributed by atoms with E-state index in [1.165, 1.54) is 23.5 Å². The maximum Gasteiger partial charge on any atom is 0.265 e. The third kappa shape index (κ3) is 3.54. The van der Waals surface area contributed by atoms with E-state index in [4.69, 9.17) is 0 Å². The molecule has 0 saturated carbocycles. The number of nitrogens with zero attached hydrogens (tertiary/aromatic N) is 3. The highest BCUT2D eigenvalue weighted by Gasteiger charge is 2.16. The summed E-state index contributed by atoms with van der Waals surface area (Å²) in [5.74, 6) is 0.417. The molecule has 1 amide bonds. The molecule has 1 aliphatic heterocycles. The number of aromatic nitrogens is 1. The van der Waals surface area contributed by atoms with E-state index < -0.39 is 0 Å². The number of nitrogens with one attached hydrogen (secondary N) is 1. The van der Waals surface area contributed by atoms with E-state index in [1.54, 1.807) is 18.3 Å². The van der Waals surface area contributed by atoms with Crippen molar-refractivity contribution >= 4 is 38.8 Å². The Kier molecular flexibility index (Phi) is 4.57. The van der Waals surface area contributed by atoms with Crippen LogP contribution in [0.1, 0.15) is 9.67 Å². The molecule has 1 aromatic carbocycles. The van der Waals surface area contributed by atoms with Gasteiger partial charge in [0.1, 0.15) is 11.6 Å². The Balaban J connectivity index is 1.45. The maximum atomic E-state index is 13.3. The van der Waals surface area contributed by atoms with Gasteiger partial charge in [-0.05, 0) is 48.8 Å². The molecule has 7 heteroatoms. The van der Waals surface area contributed by atoms with Crippen molar-refractivity contribution in [3.8, 4) is 0 Å². The molecule has 0 aliphatic carbocycles. The van der Waals surface area contributed by atoms with Gasteiger partial charge >= 0.3 is 0 Å². The van der Waals surface area contributed by atoms with Gasteiger partial charge in [-0.15, -0.1) is 11.3 Å². The number of amides is 1. The first kappa shape index (κ1) is 16.9.